The van der Waals surface area contributed by atoms with Crippen LogP contribution in [0.5, 0.6) is 0 Å². The van der Waals surface area contributed by atoms with Crippen molar-refractivity contribution in [3.63, 3.8) is 0 Å². The molecule has 0 atom stereocenters. The van der Waals surface area contributed by atoms with Gasteiger partial charge < -0.3 is 4.42 Å². The van der Waals surface area contributed by atoms with Crippen LogP contribution in [0.2, 0.25) is 0 Å². The summed E-state index contributed by atoms with van der Waals surface area (Å²) in [6, 6.07) is 6.10. The Bertz CT molecular complexity index is 701. The van der Waals surface area contributed by atoms with Crippen molar-refractivity contribution in [1.82, 2.24) is 10.2 Å². The predicted molar refractivity (Wildman–Crippen MR) is 72.3 cm³/mol. The van der Waals surface area contributed by atoms with Crippen LogP contribution < -0.4 is 5.14 Å². The highest BCUT2D eigenvalue weighted by atomic mass is 32.2. The average molecular weight is 293 g/mol. The number of nitrogens with two attached hydrogens (primary N) is 1. The van der Waals surface area contributed by atoms with Gasteiger partial charge in [-0.15, -0.1) is 10.2 Å². The van der Waals surface area contributed by atoms with E-state index in [2.05, 4.69) is 10.2 Å². The summed E-state index contributed by atoms with van der Waals surface area (Å²) in [4.78, 5) is 0.0665. The summed E-state index contributed by atoms with van der Waals surface area (Å²) in [5.74, 6) is 1.45. The molecule has 0 saturated heterocycles. The number of hydrogen-bond acceptors (Lipinski definition) is 5. The highest BCUT2D eigenvalue weighted by Crippen LogP contribution is 2.34. The maximum absolute atomic E-state index is 11.2. The van der Waals surface area contributed by atoms with Crippen molar-refractivity contribution >= 4 is 10.0 Å². The van der Waals surface area contributed by atoms with Gasteiger partial charge in [-0.25, -0.2) is 13.6 Å². The van der Waals surface area contributed by atoms with Crippen molar-refractivity contribution in [2.45, 2.75) is 36.5 Å². The SMILES string of the molecule is NS(=O)(=O)c1ccc(-c2nnc(C3CCCC3)o2)cc1. The van der Waals surface area contributed by atoms with Crippen LogP contribution in [0, 0.1) is 0 Å². The van der Waals surface area contributed by atoms with Gasteiger partial charge in [0.25, 0.3) is 0 Å². The minimum atomic E-state index is -3.68. The maximum atomic E-state index is 11.2. The van der Waals surface area contributed by atoms with E-state index in [1.807, 2.05) is 0 Å². The van der Waals surface area contributed by atoms with Gasteiger partial charge in [-0.05, 0) is 37.1 Å². The third kappa shape index (κ3) is 2.59. The van der Waals surface area contributed by atoms with Gasteiger partial charge in [0.05, 0.1) is 4.90 Å². The lowest BCUT2D eigenvalue weighted by Gasteiger charge is -2.01. The lowest BCUT2D eigenvalue weighted by atomic mass is 10.1. The average Bonchev–Trinajstić information content (AvgIpc) is 3.09. The standard InChI is InChI=1S/C13H15N3O3S/c14-20(17,18)11-7-5-10(6-8-11)13-16-15-12(19-13)9-3-1-2-4-9/h5-9H,1-4H2,(H2,14,17,18). The molecule has 106 valence electrons. The van der Waals surface area contributed by atoms with Gasteiger partial charge in [0.15, 0.2) is 0 Å². The van der Waals surface area contributed by atoms with Crippen LogP contribution >= 0.6 is 0 Å². The highest BCUT2D eigenvalue weighted by molar-refractivity contribution is 7.89. The molecule has 1 fully saturated rings. The molecule has 2 N–H and O–H groups in total. The Balaban J connectivity index is 1.86. The summed E-state index contributed by atoms with van der Waals surface area (Å²) in [7, 11) is -3.68. The summed E-state index contributed by atoms with van der Waals surface area (Å²) in [6.45, 7) is 0. The summed E-state index contributed by atoms with van der Waals surface area (Å²) in [5.41, 5.74) is 0.689. The van der Waals surface area contributed by atoms with E-state index in [0.717, 1.165) is 12.8 Å². The lowest BCUT2D eigenvalue weighted by Crippen LogP contribution is -2.11. The van der Waals surface area contributed by atoms with Crippen molar-refractivity contribution in [2.75, 3.05) is 0 Å². The molecular weight excluding hydrogens is 278 g/mol. The number of benzene rings is 1. The van der Waals surface area contributed by atoms with Crippen LogP contribution in [-0.2, 0) is 10.0 Å². The molecule has 6 nitrogen and oxygen atoms in total. The Hall–Kier alpha value is -1.73. The second-order valence-corrected chi connectivity index (χ2v) is 6.56. The van der Waals surface area contributed by atoms with Gasteiger partial charge in [-0.3, -0.25) is 0 Å². The van der Waals surface area contributed by atoms with E-state index in [0.29, 0.717) is 23.3 Å². The summed E-state index contributed by atoms with van der Waals surface area (Å²) in [5, 5.41) is 13.2. The fraction of sp³-hybridized carbons (Fsp3) is 0.385. The normalized spacial score (nSPS) is 16.6. The second kappa shape index (κ2) is 4.99. The van der Waals surface area contributed by atoms with E-state index in [-0.39, 0.29) is 4.90 Å². The number of aromatic nitrogens is 2. The molecule has 1 aromatic heterocycles. The van der Waals surface area contributed by atoms with Crippen LogP contribution in [0.25, 0.3) is 11.5 Å². The Morgan fingerprint density at radius 3 is 2.35 bits per heavy atom. The maximum Gasteiger partial charge on any atom is 0.247 e. The lowest BCUT2D eigenvalue weighted by molar-refractivity contribution is 0.457. The zero-order valence-electron chi connectivity index (χ0n) is 10.8. The molecule has 0 aliphatic heterocycles. The van der Waals surface area contributed by atoms with Crippen LogP contribution in [0.4, 0.5) is 0 Å². The molecule has 1 aromatic carbocycles. The Labute approximate surface area is 117 Å². The molecule has 2 aromatic rings. The Morgan fingerprint density at radius 2 is 1.75 bits per heavy atom. The molecule has 1 heterocycles. The van der Waals surface area contributed by atoms with Gasteiger partial charge >= 0.3 is 0 Å². The first-order valence-corrected chi connectivity index (χ1v) is 8.05. The molecule has 0 spiro atoms. The monoisotopic (exact) mass is 293 g/mol. The highest BCUT2D eigenvalue weighted by Gasteiger charge is 2.23. The number of rotatable bonds is 3. The second-order valence-electron chi connectivity index (χ2n) is 5.00. The minimum Gasteiger partial charge on any atom is -0.420 e. The minimum absolute atomic E-state index is 0.0665. The number of sulfonamides is 1. The zero-order chi connectivity index (χ0) is 14.2. The van der Waals surface area contributed by atoms with Crippen LogP contribution in [0.15, 0.2) is 33.6 Å². The van der Waals surface area contributed by atoms with E-state index in [1.54, 1.807) is 12.1 Å². The van der Waals surface area contributed by atoms with E-state index in [9.17, 15) is 8.42 Å². The molecule has 1 aliphatic rings. The van der Waals surface area contributed by atoms with E-state index in [1.165, 1.54) is 25.0 Å². The first-order chi connectivity index (χ1) is 9.54. The van der Waals surface area contributed by atoms with Crippen LogP contribution in [0.1, 0.15) is 37.5 Å². The zero-order valence-corrected chi connectivity index (χ0v) is 11.6. The molecule has 0 unspecified atom stereocenters. The summed E-state index contributed by atoms with van der Waals surface area (Å²) in [6.07, 6.45) is 4.58. The molecule has 0 radical (unpaired) electrons. The molecule has 0 amide bonds. The molecule has 3 rings (SSSR count). The van der Waals surface area contributed by atoms with E-state index < -0.39 is 10.0 Å². The van der Waals surface area contributed by atoms with Gasteiger partial charge in [0.2, 0.25) is 21.8 Å². The number of primary sulfonamides is 1. The van der Waals surface area contributed by atoms with Crippen molar-refractivity contribution in [2.24, 2.45) is 5.14 Å². The fourth-order valence-electron chi connectivity index (χ4n) is 2.48. The van der Waals surface area contributed by atoms with Gasteiger partial charge in [-0.1, -0.05) is 12.8 Å². The first-order valence-electron chi connectivity index (χ1n) is 6.51. The number of nitrogens with zero attached hydrogens (tertiary/aromatic N) is 2. The fourth-order valence-corrected chi connectivity index (χ4v) is 2.99. The van der Waals surface area contributed by atoms with Crippen molar-refractivity contribution in [1.29, 1.82) is 0 Å². The smallest absolute Gasteiger partial charge is 0.247 e. The summed E-state index contributed by atoms with van der Waals surface area (Å²) < 4.78 is 28.0. The van der Waals surface area contributed by atoms with Gasteiger partial charge in [0, 0.05) is 11.5 Å². The topological polar surface area (TPSA) is 99.1 Å². The third-order valence-corrected chi connectivity index (χ3v) is 4.50. The molecule has 0 bridgehead atoms. The van der Waals surface area contributed by atoms with E-state index >= 15 is 0 Å². The summed E-state index contributed by atoms with van der Waals surface area (Å²) >= 11 is 0. The van der Waals surface area contributed by atoms with Crippen LogP contribution in [-0.4, -0.2) is 18.6 Å². The Kier molecular flexibility index (Phi) is 3.31. The van der Waals surface area contributed by atoms with Crippen molar-refractivity contribution in [3.8, 4) is 11.5 Å². The molecule has 1 aliphatic carbocycles. The molecule has 1 saturated carbocycles. The third-order valence-electron chi connectivity index (χ3n) is 3.57. The molecule has 20 heavy (non-hydrogen) atoms. The van der Waals surface area contributed by atoms with Crippen LogP contribution in [0.3, 0.4) is 0 Å². The van der Waals surface area contributed by atoms with Gasteiger partial charge in [-0.2, -0.15) is 0 Å². The van der Waals surface area contributed by atoms with Gasteiger partial charge in [0.1, 0.15) is 0 Å². The predicted octanol–water partition coefficient (Wildman–Crippen LogP) is 2.04. The van der Waals surface area contributed by atoms with Crippen molar-refractivity contribution < 1.29 is 12.8 Å². The quantitative estimate of drug-likeness (QED) is 0.933. The largest absolute Gasteiger partial charge is 0.420 e. The van der Waals surface area contributed by atoms with Crippen molar-refractivity contribution in [3.05, 3.63) is 30.2 Å². The molecular formula is C13H15N3O3S. The first kappa shape index (κ1) is 13.3. The number of hydrogen-bond donors (Lipinski definition) is 1. The van der Waals surface area contributed by atoms with E-state index in [4.69, 9.17) is 9.56 Å². The Morgan fingerprint density at radius 1 is 1.10 bits per heavy atom. The molecule has 7 heteroatoms.